The molecule has 0 aromatic rings. The minimum absolute atomic E-state index is 0.192. The van der Waals surface area contributed by atoms with Crippen LogP contribution in [0.1, 0.15) is 26.7 Å². The van der Waals surface area contributed by atoms with E-state index in [2.05, 4.69) is 25.8 Å². The zero-order valence-electron chi connectivity index (χ0n) is 9.70. The van der Waals surface area contributed by atoms with Crippen molar-refractivity contribution in [2.75, 3.05) is 26.7 Å². The van der Waals surface area contributed by atoms with Gasteiger partial charge in [-0.15, -0.1) is 0 Å². The normalized spacial score (nSPS) is 28.7. The summed E-state index contributed by atoms with van der Waals surface area (Å²) in [5, 5.41) is 0. The second-order valence-electron chi connectivity index (χ2n) is 4.51. The maximum absolute atomic E-state index is 6.19. The molecule has 0 aromatic heterocycles. The quantitative estimate of drug-likeness (QED) is 0.738. The fraction of sp³-hybridized carbons (Fsp3) is 1.00. The summed E-state index contributed by atoms with van der Waals surface area (Å²) in [5.74, 6) is 0.566. The fourth-order valence-corrected chi connectivity index (χ4v) is 2.06. The minimum Gasteiger partial charge on any atom is -0.374 e. The topological polar surface area (TPSA) is 38.5 Å². The number of morpholine rings is 1. The van der Waals surface area contributed by atoms with Crippen LogP contribution in [-0.2, 0) is 4.74 Å². The van der Waals surface area contributed by atoms with Crippen LogP contribution in [0.15, 0.2) is 0 Å². The first-order chi connectivity index (χ1) is 6.65. The van der Waals surface area contributed by atoms with Crippen LogP contribution in [-0.4, -0.2) is 43.8 Å². The van der Waals surface area contributed by atoms with Crippen LogP contribution in [0.5, 0.6) is 0 Å². The summed E-state index contributed by atoms with van der Waals surface area (Å²) in [6.45, 7) is 7.28. The highest BCUT2D eigenvalue weighted by atomic mass is 16.5. The van der Waals surface area contributed by atoms with Crippen molar-refractivity contribution in [3.05, 3.63) is 0 Å². The molecule has 3 atom stereocenters. The molecule has 1 fully saturated rings. The Kier molecular flexibility index (Phi) is 4.85. The molecule has 1 aliphatic rings. The molecule has 0 spiro atoms. The van der Waals surface area contributed by atoms with E-state index in [9.17, 15) is 0 Å². The molecule has 3 heteroatoms. The molecular weight excluding hydrogens is 176 g/mol. The summed E-state index contributed by atoms with van der Waals surface area (Å²) < 4.78 is 5.71. The Hall–Kier alpha value is -0.120. The van der Waals surface area contributed by atoms with E-state index in [-0.39, 0.29) is 12.1 Å². The van der Waals surface area contributed by atoms with Crippen LogP contribution in [0.3, 0.4) is 0 Å². The minimum atomic E-state index is 0.192. The van der Waals surface area contributed by atoms with Crippen molar-refractivity contribution in [3.63, 3.8) is 0 Å². The Balaban J connectivity index is 2.38. The van der Waals surface area contributed by atoms with Crippen LogP contribution >= 0.6 is 0 Å². The number of ether oxygens (including phenoxy) is 1. The molecule has 1 rings (SSSR count). The molecule has 0 aliphatic carbocycles. The standard InChI is InChI=1S/C11H24N2O/c1-4-5-9(2)11(12)10-8-13(3)6-7-14-10/h9-11H,4-8,12H2,1-3H3. The SMILES string of the molecule is CCCC(C)C(N)C1CN(C)CCO1. The molecule has 1 aliphatic heterocycles. The molecule has 3 nitrogen and oxygen atoms in total. The Bertz CT molecular complexity index is 163. The highest BCUT2D eigenvalue weighted by molar-refractivity contribution is 4.82. The zero-order chi connectivity index (χ0) is 10.6. The molecule has 0 saturated carbocycles. The fourth-order valence-electron chi connectivity index (χ4n) is 2.06. The van der Waals surface area contributed by atoms with Crippen molar-refractivity contribution in [1.82, 2.24) is 4.90 Å². The molecule has 0 bridgehead atoms. The highest BCUT2D eigenvalue weighted by Gasteiger charge is 2.27. The van der Waals surface area contributed by atoms with Gasteiger partial charge in [-0.05, 0) is 19.4 Å². The second kappa shape index (κ2) is 5.69. The van der Waals surface area contributed by atoms with Gasteiger partial charge in [0.05, 0.1) is 12.7 Å². The number of hydrogen-bond acceptors (Lipinski definition) is 3. The third-order valence-electron chi connectivity index (χ3n) is 3.13. The summed E-state index contributed by atoms with van der Waals surface area (Å²) in [7, 11) is 2.13. The summed E-state index contributed by atoms with van der Waals surface area (Å²) in [6, 6.07) is 0.192. The molecule has 1 saturated heterocycles. The smallest absolute Gasteiger partial charge is 0.0855 e. The van der Waals surface area contributed by atoms with Gasteiger partial charge < -0.3 is 15.4 Å². The average Bonchev–Trinajstić information content (AvgIpc) is 2.17. The van der Waals surface area contributed by atoms with Gasteiger partial charge in [-0.1, -0.05) is 20.3 Å². The van der Waals surface area contributed by atoms with Gasteiger partial charge in [-0.25, -0.2) is 0 Å². The van der Waals surface area contributed by atoms with Gasteiger partial charge in [0.2, 0.25) is 0 Å². The zero-order valence-corrected chi connectivity index (χ0v) is 9.70. The van der Waals surface area contributed by atoms with Crippen molar-refractivity contribution in [3.8, 4) is 0 Å². The van der Waals surface area contributed by atoms with Gasteiger partial charge >= 0.3 is 0 Å². The predicted molar refractivity (Wildman–Crippen MR) is 59.3 cm³/mol. The molecule has 0 aromatic carbocycles. The summed E-state index contributed by atoms with van der Waals surface area (Å²) >= 11 is 0. The molecule has 0 amide bonds. The first-order valence-corrected chi connectivity index (χ1v) is 5.71. The largest absolute Gasteiger partial charge is 0.374 e. The van der Waals surface area contributed by atoms with Crippen molar-refractivity contribution in [2.24, 2.45) is 11.7 Å². The van der Waals surface area contributed by atoms with E-state index in [1.165, 1.54) is 12.8 Å². The van der Waals surface area contributed by atoms with Gasteiger partial charge in [-0.3, -0.25) is 0 Å². The predicted octanol–water partition coefficient (Wildman–Crippen LogP) is 1.08. The Morgan fingerprint density at radius 3 is 2.86 bits per heavy atom. The van der Waals surface area contributed by atoms with E-state index in [4.69, 9.17) is 10.5 Å². The maximum Gasteiger partial charge on any atom is 0.0855 e. The van der Waals surface area contributed by atoms with Crippen molar-refractivity contribution in [1.29, 1.82) is 0 Å². The van der Waals surface area contributed by atoms with Crippen LogP contribution in [0, 0.1) is 5.92 Å². The number of nitrogens with two attached hydrogens (primary N) is 1. The number of nitrogens with zero attached hydrogens (tertiary/aromatic N) is 1. The maximum atomic E-state index is 6.19. The van der Waals surface area contributed by atoms with E-state index in [0.717, 1.165) is 19.7 Å². The third kappa shape index (κ3) is 3.23. The number of hydrogen-bond donors (Lipinski definition) is 1. The van der Waals surface area contributed by atoms with Crippen LogP contribution in [0.25, 0.3) is 0 Å². The number of rotatable bonds is 4. The average molecular weight is 200 g/mol. The third-order valence-corrected chi connectivity index (χ3v) is 3.13. The Morgan fingerprint density at radius 1 is 1.57 bits per heavy atom. The summed E-state index contributed by atoms with van der Waals surface area (Å²) in [4.78, 5) is 2.30. The van der Waals surface area contributed by atoms with Gasteiger partial charge in [0.15, 0.2) is 0 Å². The van der Waals surface area contributed by atoms with Crippen molar-refractivity contribution in [2.45, 2.75) is 38.8 Å². The summed E-state index contributed by atoms with van der Waals surface area (Å²) in [5.41, 5.74) is 6.19. The first-order valence-electron chi connectivity index (χ1n) is 5.71. The van der Waals surface area contributed by atoms with E-state index in [0.29, 0.717) is 5.92 Å². The van der Waals surface area contributed by atoms with Crippen LogP contribution < -0.4 is 5.73 Å². The van der Waals surface area contributed by atoms with E-state index in [1.54, 1.807) is 0 Å². The van der Waals surface area contributed by atoms with Crippen LogP contribution in [0.4, 0.5) is 0 Å². The lowest BCUT2D eigenvalue weighted by atomic mass is 9.92. The second-order valence-corrected chi connectivity index (χ2v) is 4.51. The van der Waals surface area contributed by atoms with E-state index in [1.807, 2.05) is 0 Å². The van der Waals surface area contributed by atoms with Gasteiger partial charge in [-0.2, -0.15) is 0 Å². The molecule has 84 valence electrons. The molecule has 3 unspecified atom stereocenters. The highest BCUT2D eigenvalue weighted by Crippen LogP contribution is 2.16. The van der Waals surface area contributed by atoms with Gasteiger partial charge in [0.1, 0.15) is 0 Å². The monoisotopic (exact) mass is 200 g/mol. The Labute approximate surface area is 87.6 Å². The van der Waals surface area contributed by atoms with E-state index < -0.39 is 0 Å². The van der Waals surface area contributed by atoms with Crippen molar-refractivity contribution < 1.29 is 4.74 Å². The van der Waals surface area contributed by atoms with E-state index >= 15 is 0 Å². The molecule has 2 N–H and O–H groups in total. The molecular formula is C11H24N2O. The Morgan fingerprint density at radius 2 is 2.29 bits per heavy atom. The van der Waals surface area contributed by atoms with Gasteiger partial charge in [0.25, 0.3) is 0 Å². The number of likely N-dealkylation sites (N-methyl/N-ethyl adjacent to an activating group) is 1. The lowest BCUT2D eigenvalue weighted by Crippen LogP contribution is -2.51. The molecule has 0 radical (unpaired) electrons. The molecule has 14 heavy (non-hydrogen) atoms. The molecule has 1 heterocycles. The summed E-state index contributed by atoms with van der Waals surface area (Å²) in [6.07, 6.45) is 2.64. The lowest BCUT2D eigenvalue weighted by Gasteiger charge is -2.35. The van der Waals surface area contributed by atoms with Crippen LogP contribution in [0.2, 0.25) is 0 Å². The lowest BCUT2D eigenvalue weighted by molar-refractivity contribution is -0.0409. The first kappa shape index (κ1) is 12.0. The van der Waals surface area contributed by atoms with Crippen molar-refractivity contribution >= 4 is 0 Å². The van der Waals surface area contributed by atoms with Gasteiger partial charge in [0, 0.05) is 19.1 Å².